The summed E-state index contributed by atoms with van der Waals surface area (Å²) in [4.78, 5) is 0. The van der Waals surface area contributed by atoms with Crippen LogP contribution < -0.4 is 0 Å². The predicted molar refractivity (Wildman–Crippen MR) is 46.7 cm³/mol. The molecule has 0 unspecified atom stereocenters. The topological polar surface area (TPSA) is 20.2 Å². The van der Waals surface area contributed by atoms with Gasteiger partial charge in [-0.3, -0.25) is 0 Å². The van der Waals surface area contributed by atoms with Gasteiger partial charge in [-0.1, -0.05) is 24.3 Å². The van der Waals surface area contributed by atoms with Gasteiger partial charge >= 0.3 is 0 Å². The molecule has 1 nitrogen and oxygen atoms in total. The number of hydrogen-bond acceptors (Lipinski definition) is 1. The third-order valence-electron chi connectivity index (χ3n) is 1.69. The van der Waals surface area contributed by atoms with Gasteiger partial charge in [0.2, 0.25) is 0 Å². The number of aryl methyl sites for hydroxylation is 1. The maximum Gasteiger partial charge on any atom is 0.121 e. The van der Waals surface area contributed by atoms with Gasteiger partial charge in [-0.25, -0.2) is 0 Å². The minimum Gasteiger partial charge on any atom is -0.507 e. The summed E-state index contributed by atoms with van der Waals surface area (Å²) < 4.78 is 0. The van der Waals surface area contributed by atoms with Gasteiger partial charge in [0.1, 0.15) is 5.75 Å². The van der Waals surface area contributed by atoms with E-state index in [4.69, 9.17) is 0 Å². The fraction of sp³-hybridized carbons (Fsp3) is 0.200. The minimum absolute atomic E-state index is 0.396. The van der Waals surface area contributed by atoms with Crippen molar-refractivity contribution in [2.75, 3.05) is 0 Å². The van der Waals surface area contributed by atoms with Gasteiger partial charge in [-0.2, -0.15) is 0 Å². The molecule has 0 aliphatic heterocycles. The number of phenols is 1. The van der Waals surface area contributed by atoms with E-state index in [2.05, 4.69) is 6.58 Å². The maximum atomic E-state index is 9.48. The van der Waals surface area contributed by atoms with Gasteiger partial charge in [0.25, 0.3) is 0 Å². The molecule has 0 aromatic heterocycles. The molecule has 0 amide bonds. The van der Waals surface area contributed by atoms with Crippen LogP contribution in [-0.4, -0.2) is 5.11 Å². The van der Waals surface area contributed by atoms with E-state index in [1.165, 1.54) is 0 Å². The second kappa shape index (κ2) is 3.24. The van der Waals surface area contributed by atoms with Crippen LogP contribution in [0.3, 0.4) is 0 Å². The van der Waals surface area contributed by atoms with Crippen LogP contribution in [0.5, 0.6) is 5.75 Å². The molecule has 1 N–H and O–H groups in total. The zero-order valence-corrected chi connectivity index (χ0v) is 6.67. The Kier molecular flexibility index (Phi) is 2.32. The maximum absolute atomic E-state index is 9.48. The third kappa shape index (κ3) is 1.61. The lowest BCUT2D eigenvalue weighted by molar-refractivity contribution is 0.465. The van der Waals surface area contributed by atoms with E-state index < -0.39 is 0 Å². The summed E-state index contributed by atoms with van der Waals surface area (Å²) in [7, 11) is 0. The van der Waals surface area contributed by atoms with Gasteiger partial charge in [0.15, 0.2) is 0 Å². The van der Waals surface area contributed by atoms with E-state index >= 15 is 0 Å². The Hall–Kier alpha value is -1.24. The summed E-state index contributed by atoms with van der Waals surface area (Å²) in [5, 5.41) is 9.48. The number of rotatable bonds is 2. The van der Waals surface area contributed by atoms with Crippen LogP contribution in [-0.2, 0) is 6.42 Å². The van der Waals surface area contributed by atoms with Crippen molar-refractivity contribution in [3.05, 3.63) is 42.0 Å². The number of hydrogen-bond donors (Lipinski definition) is 1. The van der Waals surface area contributed by atoms with Crippen LogP contribution in [0, 0.1) is 6.92 Å². The van der Waals surface area contributed by atoms with E-state index in [9.17, 15) is 5.11 Å². The fourth-order valence-electron chi connectivity index (χ4n) is 1.04. The standard InChI is InChI=1S/C10H12O/c1-3-5-9-7-4-6-8(2)10(9)11/h3-4,6-7,11H,1,5H2,2H3. The van der Waals surface area contributed by atoms with E-state index in [0.717, 1.165) is 17.5 Å². The molecule has 0 atom stereocenters. The summed E-state index contributed by atoms with van der Waals surface area (Å²) in [6.07, 6.45) is 2.52. The molecule has 1 aromatic carbocycles. The lowest BCUT2D eigenvalue weighted by Gasteiger charge is -2.03. The molecule has 0 aliphatic carbocycles. The molecule has 1 heteroatoms. The molecule has 0 heterocycles. The molecular weight excluding hydrogens is 136 g/mol. The molecule has 0 spiro atoms. The fourth-order valence-corrected chi connectivity index (χ4v) is 1.04. The Bertz CT molecular complexity index is 264. The first-order valence-electron chi connectivity index (χ1n) is 3.64. The molecule has 1 rings (SSSR count). The SMILES string of the molecule is C=CCc1cccc(C)c1O. The zero-order chi connectivity index (χ0) is 8.27. The molecule has 58 valence electrons. The highest BCUT2D eigenvalue weighted by atomic mass is 16.3. The number of para-hydroxylation sites is 1. The van der Waals surface area contributed by atoms with Gasteiger partial charge < -0.3 is 5.11 Å². The predicted octanol–water partition coefficient (Wildman–Crippen LogP) is 2.43. The summed E-state index contributed by atoms with van der Waals surface area (Å²) in [5.74, 6) is 0.396. The second-order valence-electron chi connectivity index (χ2n) is 2.58. The van der Waals surface area contributed by atoms with Crippen LogP contribution in [0.4, 0.5) is 0 Å². The molecule has 0 saturated carbocycles. The average molecular weight is 148 g/mol. The lowest BCUT2D eigenvalue weighted by Crippen LogP contribution is -1.83. The molecule has 0 aliphatic rings. The quantitative estimate of drug-likeness (QED) is 0.638. The van der Waals surface area contributed by atoms with Crippen LogP contribution in [0.2, 0.25) is 0 Å². The summed E-state index contributed by atoms with van der Waals surface area (Å²) in [6, 6.07) is 5.74. The Balaban J connectivity index is 3.05. The molecule has 1 aromatic rings. The Labute approximate surface area is 67.0 Å². The van der Waals surface area contributed by atoms with E-state index in [-0.39, 0.29) is 0 Å². The monoisotopic (exact) mass is 148 g/mol. The number of allylic oxidation sites excluding steroid dienone is 1. The highest BCUT2D eigenvalue weighted by Gasteiger charge is 1.99. The smallest absolute Gasteiger partial charge is 0.121 e. The van der Waals surface area contributed by atoms with Crippen molar-refractivity contribution in [3.63, 3.8) is 0 Å². The Morgan fingerprint density at radius 2 is 2.27 bits per heavy atom. The normalized spacial score (nSPS) is 9.55. The summed E-state index contributed by atoms with van der Waals surface area (Å²) in [6.45, 7) is 5.51. The van der Waals surface area contributed by atoms with Crippen LogP contribution >= 0.6 is 0 Å². The van der Waals surface area contributed by atoms with Gasteiger partial charge in [-0.05, 0) is 24.5 Å². The van der Waals surface area contributed by atoms with Gasteiger partial charge in [-0.15, -0.1) is 6.58 Å². The van der Waals surface area contributed by atoms with Crippen LogP contribution in [0.1, 0.15) is 11.1 Å². The van der Waals surface area contributed by atoms with E-state index in [0.29, 0.717) is 5.75 Å². The van der Waals surface area contributed by atoms with Crippen molar-refractivity contribution in [2.24, 2.45) is 0 Å². The first kappa shape index (κ1) is 7.86. The zero-order valence-electron chi connectivity index (χ0n) is 6.67. The lowest BCUT2D eigenvalue weighted by atomic mass is 10.1. The summed E-state index contributed by atoms with van der Waals surface area (Å²) in [5.41, 5.74) is 1.87. The van der Waals surface area contributed by atoms with Gasteiger partial charge in [0, 0.05) is 0 Å². The van der Waals surface area contributed by atoms with E-state index in [1.54, 1.807) is 6.08 Å². The van der Waals surface area contributed by atoms with Crippen molar-refractivity contribution in [2.45, 2.75) is 13.3 Å². The second-order valence-corrected chi connectivity index (χ2v) is 2.58. The Morgan fingerprint density at radius 1 is 1.55 bits per heavy atom. The molecule has 0 bridgehead atoms. The first-order valence-corrected chi connectivity index (χ1v) is 3.64. The van der Waals surface area contributed by atoms with Gasteiger partial charge in [0.05, 0.1) is 0 Å². The molecule has 0 saturated heterocycles. The van der Waals surface area contributed by atoms with Crippen molar-refractivity contribution in [1.82, 2.24) is 0 Å². The van der Waals surface area contributed by atoms with Crippen molar-refractivity contribution in [1.29, 1.82) is 0 Å². The van der Waals surface area contributed by atoms with Crippen molar-refractivity contribution in [3.8, 4) is 5.75 Å². The van der Waals surface area contributed by atoms with Crippen LogP contribution in [0.25, 0.3) is 0 Å². The summed E-state index contributed by atoms with van der Waals surface area (Å²) >= 11 is 0. The van der Waals surface area contributed by atoms with Crippen molar-refractivity contribution >= 4 is 0 Å². The number of aromatic hydroxyl groups is 1. The largest absolute Gasteiger partial charge is 0.507 e. The average Bonchev–Trinajstić information content (AvgIpc) is 1.99. The molecule has 11 heavy (non-hydrogen) atoms. The molecule has 0 fully saturated rings. The first-order chi connectivity index (χ1) is 5.25. The number of benzene rings is 1. The highest BCUT2D eigenvalue weighted by molar-refractivity contribution is 5.40. The highest BCUT2D eigenvalue weighted by Crippen LogP contribution is 2.21. The van der Waals surface area contributed by atoms with E-state index in [1.807, 2.05) is 25.1 Å². The van der Waals surface area contributed by atoms with Crippen molar-refractivity contribution < 1.29 is 5.11 Å². The Morgan fingerprint density at radius 3 is 2.91 bits per heavy atom. The molecule has 0 radical (unpaired) electrons. The molecular formula is C10H12O. The minimum atomic E-state index is 0.396. The third-order valence-corrected chi connectivity index (χ3v) is 1.69. The van der Waals surface area contributed by atoms with Crippen LogP contribution in [0.15, 0.2) is 30.9 Å². The number of phenolic OH excluding ortho intramolecular Hbond substituents is 1.